The van der Waals surface area contributed by atoms with Crippen molar-refractivity contribution in [2.75, 3.05) is 30.3 Å². The Hall–Kier alpha value is -2.30. The Bertz CT molecular complexity index is 951. The number of para-hydroxylation sites is 1. The fourth-order valence-electron chi connectivity index (χ4n) is 2.22. The zero-order chi connectivity index (χ0) is 21.1. The first kappa shape index (κ1) is 22.0. The maximum atomic E-state index is 12.9. The number of amides is 1. The number of nitrogens with one attached hydrogen (secondary N) is 1. The van der Waals surface area contributed by atoms with Crippen molar-refractivity contribution in [1.29, 1.82) is 0 Å². The van der Waals surface area contributed by atoms with Crippen LogP contribution < -0.4 is 9.62 Å². The van der Waals surface area contributed by atoms with Crippen LogP contribution in [0, 0.1) is 0 Å². The molecule has 28 heavy (non-hydrogen) atoms. The van der Waals surface area contributed by atoms with Crippen LogP contribution in [0.25, 0.3) is 0 Å². The summed E-state index contributed by atoms with van der Waals surface area (Å²) in [4.78, 5) is 12.4. The van der Waals surface area contributed by atoms with Crippen LogP contribution in [0.4, 0.5) is 24.5 Å². The van der Waals surface area contributed by atoms with Gasteiger partial charge in [0.2, 0.25) is 5.91 Å². The molecule has 2 aromatic carbocycles. The van der Waals surface area contributed by atoms with Gasteiger partial charge in [-0.1, -0.05) is 29.8 Å². The van der Waals surface area contributed by atoms with Crippen LogP contribution in [0.5, 0.6) is 0 Å². The predicted molar refractivity (Wildman–Crippen MR) is 101 cm³/mol. The fraction of sp³-hybridized carbons (Fsp3) is 0.235. The van der Waals surface area contributed by atoms with Crippen molar-refractivity contribution in [1.82, 2.24) is 4.31 Å². The highest BCUT2D eigenvalue weighted by Crippen LogP contribution is 2.33. The standard InChI is InChI=1S/C17H17ClF3N3O3S/c1-23(2)28(26,27)24(13-6-4-3-5-7-13)11-16(25)22-15-10-12(17(19,20)21)8-9-14(15)18/h3-10H,11H2,1-2H3,(H,22,25). The lowest BCUT2D eigenvalue weighted by Crippen LogP contribution is -2.44. The Labute approximate surface area is 165 Å². The molecular weight excluding hydrogens is 419 g/mol. The summed E-state index contributed by atoms with van der Waals surface area (Å²) >= 11 is 5.86. The Kier molecular flexibility index (Phi) is 6.58. The van der Waals surface area contributed by atoms with E-state index in [1.807, 2.05) is 0 Å². The average molecular weight is 436 g/mol. The number of halogens is 4. The SMILES string of the molecule is CN(C)S(=O)(=O)N(CC(=O)Nc1cc(C(F)(F)F)ccc1Cl)c1ccccc1. The molecule has 2 rings (SSSR count). The van der Waals surface area contributed by atoms with Crippen LogP contribution >= 0.6 is 11.6 Å². The number of carbonyl (C=O) groups is 1. The molecule has 0 aliphatic carbocycles. The lowest BCUT2D eigenvalue weighted by atomic mass is 10.2. The second-order valence-electron chi connectivity index (χ2n) is 5.87. The van der Waals surface area contributed by atoms with Gasteiger partial charge < -0.3 is 5.32 Å². The van der Waals surface area contributed by atoms with E-state index in [4.69, 9.17) is 11.6 Å². The number of alkyl halides is 3. The third-order valence-corrected chi connectivity index (χ3v) is 5.79. The minimum absolute atomic E-state index is 0.108. The molecule has 0 fully saturated rings. The maximum Gasteiger partial charge on any atom is 0.416 e. The second kappa shape index (κ2) is 8.38. The van der Waals surface area contributed by atoms with Crippen LogP contribution in [0.2, 0.25) is 5.02 Å². The van der Waals surface area contributed by atoms with Crippen molar-refractivity contribution < 1.29 is 26.4 Å². The minimum Gasteiger partial charge on any atom is -0.323 e. The predicted octanol–water partition coefficient (Wildman–Crippen LogP) is 3.61. The highest BCUT2D eigenvalue weighted by atomic mass is 35.5. The summed E-state index contributed by atoms with van der Waals surface area (Å²) in [5.74, 6) is -0.851. The van der Waals surface area contributed by atoms with Crippen molar-refractivity contribution in [3.05, 3.63) is 59.1 Å². The molecular formula is C17H17ClF3N3O3S. The summed E-state index contributed by atoms with van der Waals surface area (Å²) in [6, 6.07) is 10.3. The molecule has 2 aromatic rings. The Morgan fingerprint density at radius 3 is 2.25 bits per heavy atom. The van der Waals surface area contributed by atoms with Gasteiger partial charge in [0.1, 0.15) is 6.54 Å². The third kappa shape index (κ3) is 5.15. The van der Waals surface area contributed by atoms with E-state index < -0.39 is 34.4 Å². The van der Waals surface area contributed by atoms with Gasteiger partial charge in [0.05, 0.1) is 22.0 Å². The van der Waals surface area contributed by atoms with Gasteiger partial charge in [-0.05, 0) is 30.3 Å². The van der Waals surface area contributed by atoms with Crippen LogP contribution in [0.3, 0.4) is 0 Å². The molecule has 0 unspecified atom stereocenters. The lowest BCUT2D eigenvalue weighted by molar-refractivity contribution is -0.137. The molecule has 0 saturated carbocycles. The lowest BCUT2D eigenvalue weighted by Gasteiger charge is -2.27. The van der Waals surface area contributed by atoms with Crippen molar-refractivity contribution in [2.45, 2.75) is 6.18 Å². The molecule has 0 spiro atoms. The monoisotopic (exact) mass is 435 g/mol. The van der Waals surface area contributed by atoms with E-state index in [2.05, 4.69) is 5.32 Å². The number of anilines is 2. The van der Waals surface area contributed by atoms with Crippen LogP contribution in [-0.4, -0.2) is 39.3 Å². The van der Waals surface area contributed by atoms with Crippen LogP contribution in [-0.2, 0) is 21.2 Å². The zero-order valence-electron chi connectivity index (χ0n) is 14.9. The Morgan fingerprint density at radius 1 is 1.11 bits per heavy atom. The summed E-state index contributed by atoms with van der Waals surface area (Å²) in [6.07, 6.45) is -4.62. The van der Waals surface area contributed by atoms with Crippen LogP contribution in [0.1, 0.15) is 5.56 Å². The fourth-order valence-corrected chi connectivity index (χ4v) is 3.44. The van der Waals surface area contributed by atoms with Gasteiger partial charge in [0.25, 0.3) is 0 Å². The first-order chi connectivity index (χ1) is 12.9. The van der Waals surface area contributed by atoms with Crippen molar-refractivity contribution in [3.63, 3.8) is 0 Å². The number of rotatable bonds is 6. The minimum atomic E-state index is -4.62. The van der Waals surface area contributed by atoms with Crippen molar-refractivity contribution >= 4 is 39.1 Å². The molecule has 0 aliphatic rings. The molecule has 0 aromatic heterocycles. The molecule has 11 heteroatoms. The van der Waals surface area contributed by atoms with Gasteiger partial charge in [-0.15, -0.1) is 0 Å². The van der Waals surface area contributed by atoms with E-state index in [-0.39, 0.29) is 16.4 Å². The quantitative estimate of drug-likeness (QED) is 0.753. The molecule has 0 saturated heterocycles. The highest BCUT2D eigenvalue weighted by Gasteiger charge is 2.31. The largest absolute Gasteiger partial charge is 0.416 e. The summed E-state index contributed by atoms with van der Waals surface area (Å²) in [5.41, 5.74) is -1.04. The summed E-state index contributed by atoms with van der Waals surface area (Å²) < 4.78 is 65.5. The van der Waals surface area contributed by atoms with Gasteiger partial charge in [-0.2, -0.15) is 25.9 Å². The van der Waals surface area contributed by atoms with Gasteiger partial charge in [0, 0.05) is 14.1 Å². The third-order valence-electron chi connectivity index (χ3n) is 3.64. The Morgan fingerprint density at radius 2 is 1.71 bits per heavy atom. The van der Waals surface area contributed by atoms with E-state index >= 15 is 0 Å². The van der Waals surface area contributed by atoms with Crippen molar-refractivity contribution in [3.8, 4) is 0 Å². The van der Waals surface area contributed by atoms with E-state index in [9.17, 15) is 26.4 Å². The molecule has 1 N–H and O–H groups in total. The zero-order valence-corrected chi connectivity index (χ0v) is 16.4. The summed E-state index contributed by atoms with van der Waals surface area (Å²) in [5, 5.41) is 2.13. The molecule has 0 atom stereocenters. The molecule has 0 aliphatic heterocycles. The first-order valence-electron chi connectivity index (χ1n) is 7.85. The number of hydrogen-bond donors (Lipinski definition) is 1. The summed E-state index contributed by atoms with van der Waals surface area (Å²) in [7, 11) is -1.43. The number of benzene rings is 2. The molecule has 0 radical (unpaired) electrons. The molecule has 152 valence electrons. The van der Waals surface area contributed by atoms with E-state index in [1.54, 1.807) is 18.2 Å². The summed E-state index contributed by atoms with van der Waals surface area (Å²) in [6.45, 7) is -0.656. The van der Waals surface area contributed by atoms with E-state index in [0.29, 0.717) is 6.07 Å². The first-order valence-corrected chi connectivity index (χ1v) is 9.62. The highest BCUT2D eigenvalue weighted by molar-refractivity contribution is 7.90. The van der Waals surface area contributed by atoms with E-state index in [1.165, 1.54) is 26.2 Å². The molecule has 1 amide bonds. The van der Waals surface area contributed by atoms with Gasteiger partial charge in [-0.25, -0.2) is 4.31 Å². The number of nitrogens with zero attached hydrogens (tertiary/aromatic N) is 2. The normalized spacial score (nSPS) is 12.1. The maximum absolute atomic E-state index is 12.9. The molecule has 0 heterocycles. The van der Waals surface area contributed by atoms with Gasteiger partial charge >= 0.3 is 16.4 Å². The smallest absolute Gasteiger partial charge is 0.323 e. The number of carbonyl (C=O) groups excluding carboxylic acids is 1. The second-order valence-corrected chi connectivity index (χ2v) is 8.35. The van der Waals surface area contributed by atoms with Gasteiger partial charge in [-0.3, -0.25) is 4.79 Å². The topological polar surface area (TPSA) is 69.7 Å². The number of hydrogen-bond acceptors (Lipinski definition) is 3. The average Bonchev–Trinajstić information content (AvgIpc) is 2.61. The van der Waals surface area contributed by atoms with Gasteiger partial charge in [0.15, 0.2) is 0 Å². The molecule has 0 bridgehead atoms. The Balaban J connectivity index is 2.31. The molecule has 6 nitrogen and oxygen atoms in total. The van der Waals surface area contributed by atoms with Crippen molar-refractivity contribution in [2.24, 2.45) is 0 Å². The van der Waals surface area contributed by atoms with Crippen LogP contribution in [0.15, 0.2) is 48.5 Å². The van der Waals surface area contributed by atoms with E-state index in [0.717, 1.165) is 20.7 Å².